The van der Waals surface area contributed by atoms with Crippen molar-refractivity contribution in [3.63, 3.8) is 0 Å². The zero-order valence-corrected chi connectivity index (χ0v) is 27.2. The third kappa shape index (κ3) is 7.92. The first-order chi connectivity index (χ1) is 21.7. The van der Waals surface area contributed by atoms with Gasteiger partial charge in [0.1, 0.15) is 11.6 Å². The lowest BCUT2D eigenvalue weighted by atomic mass is 9.91. The predicted molar refractivity (Wildman–Crippen MR) is 184 cm³/mol. The Morgan fingerprint density at radius 1 is 0.978 bits per heavy atom. The Bertz CT molecular complexity index is 1680. The Hall–Kier alpha value is -4.17. The number of fused-ring (bicyclic) bond motifs is 2. The van der Waals surface area contributed by atoms with Crippen LogP contribution in [0.5, 0.6) is 5.75 Å². The first-order valence-corrected chi connectivity index (χ1v) is 16.3. The van der Waals surface area contributed by atoms with Gasteiger partial charge >= 0.3 is 0 Å². The van der Waals surface area contributed by atoms with Crippen LogP contribution >= 0.6 is 0 Å². The number of ether oxygens (including phenoxy) is 1. The molecule has 0 bridgehead atoms. The highest BCUT2D eigenvalue weighted by molar-refractivity contribution is 6.08. The fourth-order valence-electron chi connectivity index (χ4n) is 6.03. The van der Waals surface area contributed by atoms with E-state index in [1.165, 1.54) is 11.3 Å². The van der Waals surface area contributed by atoms with Crippen molar-refractivity contribution >= 4 is 34.0 Å². The summed E-state index contributed by atoms with van der Waals surface area (Å²) < 4.78 is 5.99. The molecule has 8 heteroatoms. The molecule has 4 aromatic rings. The molecule has 6 rings (SSSR count). The summed E-state index contributed by atoms with van der Waals surface area (Å²) in [6, 6.07) is 21.0. The Morgan fingerprint density at radius 3 is 2.64 bits per heavy atom. The minimum absolute atomic E-state index is 0.0887. The van der Waals surface area contributed by atoms with E-state index in [0.29, 0.717) is 24.9 Å². The predicted octanol–water partition coefficient (Wildman–Crippen LogP) is 6.76. The molecule has 2 aliphatic rings. The normalized spacial score (nSPS) is 15.3. The highest BCUT2D eigenvalue weighted by Crippen LogP contribution is 2.33. The molecule has 8 nitrogen and oxygen atoms in total. The number of carbonyl (C=O) groups excluding carboxylic acids is 1. The summed E-state index contributed by atoms with van der Waals surface area (Å²) in [6.07, 6.45) is 4.08. The number of aliphatic imine (C=N–C) groups is 1. The third-order valence-corrected chi connectivity index (χ3v) is 8.71. The van der Waals surface area contributed by atoms with Crippen LogP contribution in [0.15, 0.2) is 65.7 Å². The second kappa shape index (κ2) is 13.4. The summed E-state index contributed by atoms with van der Waals surface area (Å²) in [5.41, 5.74) is 9.03. The lowest BCUT2D eigenvalue weighted by molar-refractivity contribution is -0.121. The van der Waals surface area contributed by atoms with E-state index >= 15 is 0 Å². The Labute approximate surface area is 266 Å². The minimum Gasteiger partial charge on any atom is -0.494 e. The second-order valence-corrected chi connectivity index (χ2v) is 13.6. The van der Waals surface area contributed by atoms with Gasteiger partial charge in [-0.25, -0.2) is 4.98 Å². The summed E-state index contributed by atoms with van der Waals surface area (Å²) in [4.78, 5) is 30.4. The number of hydrogen-bond acceptors (Lipinski definition) is 6. The third-order valence-electron chi connectivity index (χ3n) is 8.71. The van der Waals surface area contributed by atoms with E-state index in [4.69, 9.17) is 14.7 Å². The molecule has 3 heterocycles. The van der Waals surface area contributed by atoms with Crippen LogP contribution in [0.3, 0.4) is 0 Å². The van der Waals surface area contributed by atoms with Gasteiger partial charge in [-0.2, -0.15) is 0 Å². The van der Waals surface area contributed by atoms with Crippen molar-refractivity contribution in [3.05, 3.63) is 71.8 Å². The van der Waals surface area contributed by atoms with Gasteiger partial charge in [0.25, 0.3) is 0 Å². The number of H-pyrrole nitrogens is 1. The highest BCUT2D eigenvalue weighted by Gasteiger charge is 2.20. The van der Waals surface area contributed by atoms with E-state index < -0.39 is 0 Å². The van der Waals surface area contributed by atoms with E-state index in [0.717, 1.165) is 97.1 Å². The van der Waals surface area contributed by atoms with Crippen LogP contribution in [0.1, 0.15) is 57.6 Å². The van der Waals surface area contributed by atoms with Crippen molar-refractivity contribution in [1.82, 2.24) is 20.2 Å². The molecule has 0 spiro atoms. The maximum Gasteiger partial charge on any atom is 0.220 e. The molecule has 2 N–H and O–H groups in total. The van der Waals surface area contributed by atoms with E-state index in [2.05, 4.69) is 84.3 Å². The first-order valence-electron chi connectivity index (χ1n) is 16.3. The first kappa shape index (κ1) is 30.8. The Kier molecular flexibility index (Phi) is 9.21. The molecule has 0 atom stereocenters. The standard InChI is InChI=1S/C37H46N6O2/c1-37(2,3)15-7-16-38-35(44)10-6-21-45-30-9-5-8-27(23-30)36-40-32-13-11-26(24-34(32)41-36)33-25-28-22-29(12-14-31(28)39-33)43-19-17-42(4)18-20-43/h5,8-9,11-14,22-24H,6-7,10,15-21,25H2,1-4H3,(H,38,44)(H,40,41). The maximum absolute atomic E-state index is 12.2. The quantitative estimate of drug-likeness (QED) is 0.184. The van der Waals surface area contributed by atoms with Crippen molar-refractivity contribution in [2.45, 2.75) is 52.9 Å². The van der Waals surface area contributed by atoms with Crippen LogP contribution < -0.4 is 15.0 Å². The fourth-order valence-corrected chi connectivity index (χ4v) is 6.03. The van der Waals surface area contributed by atoms with E-state index in [1.54, 1.807) is 0 Å². The Morgan fingerprint density at radius 2 is 1.82 bits per heavy atom. The molecule has 236 valence electrons. The van der Waals surface area contributed by atoms with Gasteiger partial charge in [0.05, 0.1) is 29.0 Å². The Balaban J connectivity index is 1.04. The van der Waals surface area contributed by atoms with Crippen molar-refractivity contribution < 1.29 is 9.53 Å². The summed E-state index contributed by atoms with van der Waals surface area (Å²) in [6.45, 7) is 12.2. The number of piperazine rings is 1. The summed E-state index contributed by atoms with van der Waals surface area (Å²) in [7, 11) is 2.19. The molecule has 0 saturated carbocycles. The van der Waals surface area contributed by atoms with Crippen molar-refractivity contribution in [3.8, 4) is 17.1 Å². The number of amides is 1. The second-order valence-electron chi connectivity index (χ2n) is 13.6. The minimum atomic E-state index is 0.0887. The van der Waals surface area contributed by atoms with Gasteiger partial charge in [-0.05, 0) is 85.3 Å². The molecule has 45 heavy (non-hydrogen) atoms. The lowest BCUT2D eigenvalue weighted by Gasteiger charge is -2.34. The number of likely N-dealkylation sites (N-methyl/N-ethyl adjacent to an activating group) is 1. The number of benzene rings is 3. The molecule has 0 aliphatic carbocycles. The molecule has 1 aromatic heterocycles. The van der Waals surface area contributed by atoms with Gasteiger partial charge in [0, 0.05) is 56.8 Å². The largest absolute Gasteiger partial charge is 0.494 e. The maximum atomic E-state index is 12.2. The van der Waals surface area contributed by atoms with Crippen molar-refractivity contribution in [2.75, 3.05) is 51.3 Å². The summed E-state index contributed by atoms with van der Waals surface area (Å²) >= 11 is 0. The average molecular weight is 607 g/mol. The van der Waals surface area contributed by atoms with Gasteiger partial charge in [0.15, 0.2) is 0 Å². The number of hydrogen-bond donors (Lipinski definition) is 2. The number of carbonyl (C=O) groups is 1. The van der Waals surface area contributed by atoms with Crippen LogP contribution in [-0.4, -0.2) is 72.9 Å². The smallest absolute Gasteiger partial charge is 0.220 e. The lowest BCUT2D eigenvalue weighted by Crippen LogP contribution is -2.44. The van der Waals surface area contributed by atoms with E-state index in [-0.39, 0.29) is 5.91 Å². The van der Waals surface area contributed by atoms with Gasteiger partial charge in [-0.3, -0.25) is 9.79 Å². The van der Waals surface area contributed by atoms with Gasteiger partial charge in [-0.15, -0.1) is 0 Å². The highest BCUT2D eigenvalue weighted by atomic mass is 16.5. The monoisotopic (exact) mass is 606 g/mol. The number of imidazole rings is 1. The van der Waals surface area contributed by atoms with Crippen LogP contribution in [0.25, 0.3) is 22.4 Å². The summed E-state index contributed by atoms with van der Waals surface area (Å²) in [5.74, 6) is 1.66. The van der Waals surface area contributed by atoms with Gasteiger partial charge in [0.2, 0.25) is 5.91 Å². The number of aromatic amines is 1. The molecule has 0 radical (unpaired) electrons. The fraction of sp³-hybridized carbons (Fsp3) is 0.432. The zero-order chi connectivity index (χ0) is 31.4. The van der Waals surface area contributed by atoms with Crippen LogP contribution in [-0.2, 0) is 11.2 Å². The number of aromatic nitrogens is 2. The van der Waals surface area contributed by atoms with Crippen LogP contribution in [0.4, 0.5) is 11.4 Å². The molecule has 1 saturated heterocycles. The number of anilines is 1. The molecular formula is C37H46N6O2. The van der Waals surface area contributed by atoms with Crippen LogP contribution in [0, 0.1) is 5.41 Å². The van der Waals surface area contributed by atoms with Crippen molar-refractivity contribution in [2.24, 2.45) is 10.4 Å². The molecular weight excluding hydrogens is 560 g/mol. The molecule has 1 fully saturated rings. The van der Waals surface area contributed by atoms with Gasteiger partial charge < -0.3 is 24.8 Å². The number of nitrogens with one attached hydrogen (secondary N) is 2. The molecule has 1 amide bonds. The average Bonchev–Trinajstić information content (AvgIpc) is 3.65. The molecule has 3 aromatic carbocycles. The van der Waals surface area contributed by atoms with Gasteiger partial charge in [-0.1, -0.05) is 39.0 Å². The number of rotatable bonds is 11. The van der Waals surface area contributed by atoms with E-state index in [9.17, 15) is 4.79 Å². The van der Waals surface area contributed by atoms with E-state index in [1.807, 2.05) is 24.3 Å². The molecule has 0 unspecified atom stereocenters. The summed E-state index contributed by atoms with van der Waals surface area (Å²) in [5, 5.41) is 3.02. The SMILES string of the molecule is CN1CCN(c2ccc3c(c2)CC(c2ccc4nc(-c5cccc(OCCCC(=O)NCCCC(C)(C)C)c5)[nH]c4c2)=N3)CC1. The van der Waals surface area contributed by atoms with Crippen molar-refractivity contribution in [1.29, 1.82) is 0 Å². The topological polar surface area (TPSA) is 85.9 Å². The zero-order valence-electron chi connectivity index (χ0n) is 27.2. The molecule has 2 aliphatic heterocycles. The number of nitrogens with zero attached hydrogens (tertiary/aromatic N) is 4. The van der Waals surface area contributed by atoms with Crippen LogP contribution in [0.2, 0.25) is 0 Å².